The number of carbonyl (C=O) groups is 2. The molecule has 1 rings (SSSR count). The zero-order valence-electron chi connectivity index (χ0n) is 13.1. The Kier molecular flexibility index (Phi) is 7.29. The van der Waals surface area contributed by atoms with Gasteiger partial charge in [-0.2, -0.15) is 0 Å². The number of amides is 1. The highest BCUT2D eigenvalue weighted by molar-refractivity contribution is 6.17. The van der Waals surface area contributed by atoms with E-state index in [0.717, 1.165) is 12.8 Å². The second kappa shape index (κ2) is 8.47. The molecule has 5 nitrogen and oxygen atoms in total. The van der Waals surface area contributed by atoms with Crippen LogP contribution in [0.25, 0.3) is 0 Å². The Labute approximate surface area is 131 Å². The molecule has 0 aromatic heterocycles. The number of alkyl halides is 1. The van der Waals surface area contributed by atoms with Crippen molar-refractivity contribution >= 4 is 23.7 Å². The highest BCUT2D eigenvalue weighted by atomic mass is 35.5. The van der Waals surface area contributed by atoms with Gasteiger partial charge in [-0.15, -0.1) is 0 Å². The summed E-state index contributed by atoms with van der Waals surface area (Å²) in [5.74, 6) is -0.0667. The minimum atomic E-state index is -0.693. The van der Waals surface area contributed by atoms with E-state index in [9.17, 15) is 9.59 Å². The van der Waals surface area contributed by atoms with Crippen LogP contribution in [0.1, 0.15) is 59.3 Å². The van der Waals surface area contributed by atoms with Crippen LogP contribution in [0.4, 0.5) is 4.79 Å². The predicted molar refractivity (Wildman–Crippen MR) is 81.2 cm³/mol. The molecule has 0 bridgehead atoms. The van der Waals surface area contributed by atoms with Gasteiger partial charge >= 0.3 is 12.1 Å². The quantitative estimate of drug-likeness (QED) is 0.621. The van der Waals surface area contributed by atoms with Gasteiger partial charge in [0.1, 0.15) is 11.6 Å². The fourth-order valence-corrected chi connectivity index (χ4v) is 2.68. The number of ether oxygens (including phenoxy) is 2. The summed E-state index contributed by atoms with van der Waals surface area (Å²) in [6.07, 6.45) is 5.74. The van der Waals surface area contributed by atoms with E-state index in [1.807, 2.05) is 0 Å². The first-order valence-corrected chi connectivity index (χ1v) is 8.07. The standard InChI is InChI=1S/C15H26ClNO4/c1-15(2,3)21-14(19)17-12(13(18)20-10-16)9-11-7-5-4-6-8-11/h11-12H,4-10H2,1-3H3,(H,17,19). The van der Waals surface area contributed by atoms with Crippen molar-refractivity contribution in [2.24, 2.45) is 5.92 Å². The molecule has 0 heterocycles. The molecule has 1 atom stereocenters. The normalized spacial score (nSPS) is 17.9. The van der Waals surface area contributed by atoms with Crippen molar-refractivity contribution in [3.8, 4) is 0 Å². The molecule has 1 N–H and O–H groups in total. The Bertz CT molecular complexity index is 348. The lowest BCUT2D eigenvalue weighted by Gasteiger charge is -2.27. The van der Waals surface area contributed by atoms with Crippen LogP contribution in [-0.2, 0) is 14.3 Å². The Morgan fingerprint density at radius 1 is 1.24 bits per heavy atom. The number of alkyl carbamates (subject to hydrolysis) is 1. The molecule has 0 radical (unpaired) electrons. The molecule has 1 saturated carbocycles. The number of nitrogens with one attached hydrogen (secondary N) is 1. The summed E-state index contributed by atoms with van der Waals surface area (Å²) >= 11 is 5.44. The Hall–Kier alpha value is -0.970. The van der Waals surface area contributed by atoms with Gasteiger partial charge in [-0.1, -0.05) is 43.7 Å². The molecule has 1 aliphatic rings. The molecular formula is C15H26ClNO4. The summed E-state index contributed by atoms with van der Waals surface area (Å²) in [5.41, 5.74) is -0.601. The van der Waals surface area contributed by atoms with Crippen LogP contribution in [-0.4, -0.2) is 29.8 Å². The number of hydrogen-bond donors (Lipinski definition) is 1. The molecule has 0 saturated heterocycles. The van der Waals surface area contributed by atoms with Crippen molar-refractivity contribution in [2.75, 3.05) is 6.07 Å². The summed E-state index contributed by atoms with van der Waals surface area (Å²) in [6.45, 7) is 5.33. The van der Waals surface area contributed by atoms with Gasteiger partial charge in [0.05, 0.1) is 0 Å². The van der Waals surface area contributed by atoms with Crippen LogP contribution in [0.5, 0.6) is 0 Å². The van der Waals surface area contributed by atoms with Crippen LogP contribution in [0.2, 0.25) is 0 Å². The van der Waals surface area contributed by atoms with Gasteiger partial charge in [-0.05, 0) is 33.1 Å². The zero-order valence-corrected chi connectivity index (χ0v) is 13.9. The summed E-state index contributed by atoms with van der Waals surface area (Å²) in [4.78, 5) is 23.8. The van der Waals surface area contributed by atoms with E-state index in [1.54, 1.807) is 20.8 Å². The largest absolute Gasteiger partial charge is 0.448 e. The topological polar surface area (TPSA) is 64.6 Å². The predicted octanol–water partition coefficient (Wildman–Crippen LogP) is 3.59. The van der Waals surface area contributed by atoms with Crippen molar-refractivity contribution < 1.29 is 19.1 Å². The zero-order chi connectivity index (χ0) is 15.9. The van der Waals surface area contributed by atoms with E-state index in [4.69, 9.17) is 21.1 Å². The Morgan fingerprint density at radius 2 is 1.86 bits per heavy atom. The van der Waals surface area contributed by atoms with Gasteiger partial charge in [0.25, 0.3) is 0 Å². The molecule has 21 heavy (non-hydrogen) atoms. The maximum Gasteiger partial charge on any atom is 0.408 e. The molecule has 0 spiro atoms. The lowest BCUT2D eigenvalue weighted by Crippen LogP contribution is -2.45. The van der Waals surface area contributed by atoms with Crippen molar-refractivity contribution in [3.63, 3.8) is 0 Å². The van der Waals surface area contributed by atoms with Gasteiger partial charge in [0, 0.05) is 0 Å². The highest BCUT2D eigenvalue weighted by Gasteiger charge is 2.28. The molecule has 6 heteroatoms. The average molecular weight is 320 g/mol. The molecule has 0 aromatic rings. The molecule has 122 valence electrons. The first-order valence-electron chi connectivity index (χ1n) is 7.54. The van der Waals surface area contributed by atoms with Crippen molar-refractivity contribution in [1.82, 2.24) is 5.32 Å². The smallest absolute Gasteiger partial charge is 0.408 e. The first kappa shape index (κ1) is 18.1. The van der Waals surface area contributed by atoms with E-state index in [2.05, 4.69) is 5.32 Å². The third kappa shape index (κ3) is 7.55. The van der Waals surface area contributed by atoms with Crippen LogP contribution in [0, 0.1) is 5.92 Å². The van der Waals surface area contributed by atoms with E-state index in [1.165, 1.54) is 19.3 Å². The van der Waals surface area contributed by atoms with Crippen LogP contribution >= 0.6 is 11.6 Å². The third-order valence-electron chi connectivity index (χ3n) is 3.47. The maximum absolute atomic E-state index is 11.9. The molecule has 1 fully saturated rings. The molecular weight excluding hydrogens is 294 g/mol. The van der Waals surface area contributed by atoms with Crippen molar-refractivity contribution in [1.29, 1.82) is 0 Å². The molecule has 1 unspecified atom stereocenters. The van der Waals surface area contributed by atoms with Crippen LogP contribution < -0.4 is 5.32 Å². The van der Waals surface area contributed by atoms with Crippen molar-refractivity contribution in [2.45, 2.75) is 70.9 Å². The highest BCUT2D eigenvalue weighted by Crippen LogP contribution is 2.27. The second-order valence-electron chi connectivity index (χ2n) is 6.51. The molecule has 0 aromatic carbocycles. The minimum Gasteiger partial charge on any atom is -0.448 e. The van der Waals surface area contributed by atoms with Crippen molar-refractivity contribution in [3.05, 3.63) is 0 Å². The SMILES string of the molecule is CC(C)(C)OC(=O)NC(CC1CCCCC1)C(=O)OCCl. The van der Waals surface area contributed by atoms with Gasteiger partial charge in [0.2, 0.25) is 0 Å². The number of rotatable bonds is 5. The third-order valence-corrected chi connectivity index (χ3v) is 3.58. The van der Waals surface area contributed by atoms with E-state index < -0.39 is 23.7 Å². The van der Waals surface area contributed by atoms with Gasteiger partial charge in [0.15, 0.2) is 6.07 Å². The van der Waals surface area contributed by atoms with Gasteiger partial charge < -0.3 is 14.8 Å². The van der Waals surface area contributed by atoms with E-state index in [-0.39, 0.29) is 6.07 Å². The number of esters is 1. The monoisotopic (exact) mass is 319 g/mol. The maximum atomic E-state index is 11.9. The van der Waals surface area contributed by atoms with Crippen LogP contribution in [0.3, 0.4) is 0 Å². The number of halogens is 1. The number of hydrogen-bond acceptors (Lipinski definition) is 4. The average Bonchev–Trinajstić information content (AvgIpc) is 2.37. The molecule has 1 amide bonds. The first-order chi connectivity index (χ1) is 9.81. The summed E-state index contributed by atoms with van der Waals surface area (Å²) in [5, 5.41) is 2.61. The lowest BCUT2D eigenvalue weighted by molar-refractivity contribution is -0.144. The molecule has 1 aliphatic carbocycles. The minimum absolute atomic E-state index is 0.212. The summed E-state index contributed by atoms with van der Waals surface area (Å²) in [7, 11) is 0. The summed E-state index contributed by atoms with van der Waals surface area (Å²) in [6, 6.07) is -0.905. The van der Waals surface area contributed by atoms with E-state index >= 15 is 0 Å². The fourth-order valence-electron chi connectivity index (χ4n) is 2.57. The Balaban J connectivity index is 2.58. The van der Waals surface area contributed by atoms with Gasteiger partial charge in [-0.25, -0.2) is 9.59 Å². The van der Waals surface area contributed by atoms with Crippen LogP contribution in [0.15, 0.2) is 0 Å². The fraction of sp³-hybridized carbons (Fsp3) is 0.867. The van der Waals surface area contributed by atoms with E-state index in [0.29, 0.717) is 12.3 Å². The lowest BCUT2D eigenvalue weighted by atomic mass is 9.85. The number of carbonyl (C=O) groups excluding carboxylic acids is 2. The van der Waals surface area contributed by atoms with Gasteiger partial charge in [-0.3, -0.25) is 0 Å². The molecule has 0 aliphatic heterocycles. The second-order valence-corrected chi connectivity index (χ2v) is 6.73. The Morgan fingerprint density at radius 3 is 2.38 bits per heavy atom. The summed E-state index contributed by atoms with van der Waals surface area (Å²) < 4.78 is 10.0.